The molecule has 0 radical (unpaired) electrons. The average molecular weight is 413 g/mol. The van der Waals surface area contributed by atoms with Crippen molar-refractivity contribution in [2.24, 2.45) is 0 Å². The molecule has 144 valence electrons. The molecule has 2 rings (SSSR count). The van der Waals surface area contributed by atoms with Crippen molar-refractivity contribution >= 4 is 34.8 Å². The van der Waals surface area contributed by atoms with Crippen LogP contribution in [0.1, 0.15) is 35.8 Å². The summed E-state index contributed by atoms with van der Waals surface area (Å²) in [4.78, 5) is 23.5. The minimum Gasteiger partial charge on any atom is -0.493 e. The first kappa shape index (κ1) is 20.8. The number of amides is 1. The SMILES string of the molecule is CCOc1cc(C(=O)NC(C)c2ccc(Cl)cc2Cl)c([N+](=O)[O-])cc1OC. The molecule has 1 unspecified atom stereocenters. The van der Waals surface area contributed by atoms with E-state index in [-0.39, 0.29) is 22.7 Å². The molecule has 0 heterocycles. The van der Waals surface area contributed by atoms with Crippen molar-refractivity contribution in [2.75, 3.05) is 13.7 Å². The summed E-state index contributed by atoms with van der Waals surface area (Å²) in [7, 11) is 1.37. The zero-order chi connectivity index (χ0) is 20.1. The number of nitrogens with zero attached hydrogens (tertiary/aromatic N) is 1. The first-order chi connectivity index (χ1) is 12.8. The molecule has 1 atom stereocenters. The molecule has 9 heteroatoms. The van der Waals surface area contributed by atoms with E-state index in [2.05, 4.69) is 5.32 Å². The maximum absolute atomic E-state index is 12.7. The molecule has 0 saturated carbocycles. The van der Waals surface area contributed by atoms with Gasteiger partial charge in [-0.15, -0.1) is 0 Å². The van der Waals surface area contributed by atoms with Gasteiger partial charge < -0.3 is 14.8 Å². The number of halogens is 2. The van der Waals surface area contributed by atoms with Gasteiger partial charge in [0.2, 0.25) is 0 Å². The lowest BCUT2D eigenvalue weighted by molar-refractivity contribution is -0.385. The lowest BCUT2D eigenvalue weighted by Gasteiger charge is -2.17. The van der Waals surface area contributed by atoms with Gasteiger partial charge in [0.15, 0.2) is 11.5 Å². The van der Waals surface area contributed by atoms with Crippen molar-refractivity contribution < 1.29 is 19.2 Å². The Hall–Kier alpha value is -2.51. The number of methoxy groups -OCH3 is 1. The predicted octanol–water partition coefficient (Wildman–Crippen LogP) is 4.80. The lowest BCUT2D eigenvalue weighted by Crippen LogP contribution is -2.27. The summed E-state index contributed by atoms with van der Waals surface area (Å²) in [5.41, 5.74) is 0.110. The summed E-state index contributed by atoms with van der Waals surface area (Å²) in [5.74, 6) is -0.217. The molecule has 0 aromatic heterocycles. The highest BCUT2D eigenvalue weighted by atomic mass is 35.5. The molecule has 1 amide bonds. The van der Waals surface area contributed by atoms with Gasteiger partial charge in [-0.05, 0) is 31.5 Å². The topological polar surface area (TPSA) is 90.7 Å². The second kappa shape index (κ2) is 8.92. The van der Waals surface area contributed by atoms with Crippen LogP contribution in [-0.4, -0.2) is 24.5 Å². The molecular weight excluding hydrogens is 395 g/mol. The van der Waals surface area contributed by atoms with Gasteiger partial charge in [-0.2, -0.15) is 0 Å². The van der Waals surface area contributed by atoms with Crippen LogP contribution in [0, 0.1) is 10.1 Å². The minimum atomic E-state index is -0.646. The lowest BCUT2D eigenvalue weighted by atomic mass is 10.1. The fourth-order valence-corrected chi connectivity index (χ4v) is 3.09. The Balaban J connectivity index is 2.38. The number of hydrogen-bond donors (Lipinski definition) is 1. The number of hydrogen-bond acceptors (Lipinski definition) is 5. The van der Waals surface area contributed by atoms with Gasteiger partial charge in [-0.25, -0.2) is 0 Å². The van der Waals surface area contributed by atoms with Crippen LogP contribution in [0.5, 0.6) is 11.5 Å². The molecule has 2 aromatic rings. The Morgan fingerprint density at radius 1 is 1.26 bits per heavy atom. The second-order valence-electron chi connectivity index (χ2n) is 5.57. The fourth-order valence-electron chi connectivity index (χ4n) is 2.51. The van der Waals surface area contributed by atoms with Crippen LogP contribution < -0.4 is 14.8 Å². The monoisotopic (exact) mass is 412 g/mol. The van der Waals surface area contributed by atoms with E-state index in [1.807, 2.05) is 0 Å². The van der Waals surface area contributed by atoms with Crippen LogP contribution in [0.4, 0.5) is 5.69 Å². The molecule has 0 spiro atoms. The zero-order valence-corrected chi connectivity index (χ0v) is 16.4. The number of ether oxygens (including phenoxy) is 2. The number of nitro groups is 1. The molecule has 0 fully saturated rings. The van der Waals surface area contributed by atoms with Gasteiger partial charge in [0.1, 0.15) is 5.56 Å². The maximum Gasteiger partial charge on any atom is 0.286 e. The molecule has 1 N–H and O–H groups in total. The summed E-state index contributed by atoms with van der Waals surface area (Å²) in [6.07, 6.45) is 0. The number of carbonyl (C=O) groups excluding carboxylic acids is 1. The van der Waals surface area contributed by atoms with E-state index in [0.29, 0.717) is 22.2 Å². The van der Waals surface area contributed by atoms with E-state index < -0.39 is 16.9 Å². The average Bonchev–Trinajstić information content (AvgIpc) is 2.61. The third kappa shape index (κ3) is 4.81. The van der Waals surface area contributed by atoms with Gasteiger partial charge >= 0.3 is 0 Å². The van der Waals surface area contributed by atoms with Gasteiger partial charge in [-0.3, -0.25) is 14.9 Å². The Morgan fingerprint density at radius 2 is 1.96 bits per heavy atom. The van der Waals surface area contributed by atoms with Crippen molar-refractivity contribution in [3.05, 3.63) is 61.6 Å². The van der Waals surface area contributed by atoms with Crippen LogP contribution in [0.2, 0.25) is 10.0 Å². The van der Waals surface area contributed by atoms with Crippen molar-refractivity contribution in [2.45, 2.75) is 19.9 Å². The second-order valence-corrected chi connectivity index (χ2v) is 6.41. The fraction of sp³-hybridized carbons (Fsp3) is 0.278. The molecule has 0 saturated heterocycles. The summed E-state index contributed by atoms with van der Waals surface area (Å²) in [6, 6.07) is 6.85. The van der Waals surface area contributed by atoms with Crippen LogP contribution in [0.25, 0.3) is 0 Å². The van der Waals surface area contributed by atoms with E-state index in [4.69, 9.17) is 32.7 Å². The van der Waals surface area contributed by atoms with E-state index in [9.17, 15) is 14.9 Å². The Labute approximate surface area is 166 Å². The first-order valence-corrected chi connectivity index (χ1v) is 8.79. The van der Waals surface area contributed by atoms with E-state index in [1.165, 1.54) is 19.2 Å². The van der Waals surface area contributed by atoms with Crippen LogP contribution in [0.15, 0.2) is 30.3 Å². The van der Waals surface area contributed by atoms with Crippen molar-refractivity contribution in [3.63, 3.8) is 0 Å². The quantitative estimate of drug-likeness (QED) is 0.520. The minimum absolute atomic E-state index is 0.138. The van der Waals surface area contributed by atoms with Crippen LogP contribution in [0.3, 0.4) is 0 Å². The number of rotatable bonds is 7. The van der Waals surface area contributed by atoms with Crippen molar-refractivity contribution in [1.82, 2.24) is 5.32 Å². The van der Waals surface area contributed by atoms with Gasteiger partial charge in [0.25, 0.3) is 11.6 Å². The first-order valence-electron chi connectivity index (χ1n) is 8.03. The zero-order valence-electron chi connectivity index (χ0n) is 14.9. The van der Waals surface area contributed by atoms with E-state index in [0.717, 1.165) is 0 Å². The summed E-state index contributed by atoms with van der Waals surface area (Å²) in [6.45, 7) is 3.78. The van der Waals surface area contributed by atoms with Crippen LogP contribution >= 0.6 is 23.2 Å². The van der Waals surface area contributed by atoms with Crippen molar-refractivity contribution in [1.29, 1.82) is 0 Å². The Bertz CT molecular complexity index is 873. The molecule has 0 aliphatic rings. The summed E-state index contributed by atoms with van der Waals surface area (Å²) >= 11 is 12.0. The predicted molar refractivity (Wildman–Crippen MR) is 103 cm³/mol. The highest BCUT2D eigenvalue weighted by Gasteiger charge is 2.26. The largest absolute Gasteiger partial charge is 0.493 e. The molecule has 7 nitrogen and oxygen atoms in total. The molecule has 2 aromatic carbocycles. The summed E-state index contributed by atoms with van der Waals surface area (Å²) < 4.78 is 10.5. The normalized spacial score (nSPS) is 11.6. The Kier molecular flexibility index (Phi) is 6.87. The highest BCUT2D eigenvalue weighted by molar-refractivity contribution is 6.35. The van der Waals surface area contributed by atoms with Gasteiger partial charge in [0.05, 0.1) is 30.7 Å². The molecule has 0 aliphatic heterocycles. The number of nitro benzene ring substituents is 1. The number of benzene rings is 2. The smallest absolute Gasteiger partial charge is 0.286 e. The van der Waals surface area contributed by atoms with Crippen LogP contribution in [-0.2, 0) is 0 Å². The molecule has 27 heavy (non-hydrogen) atoms. The molecular formula is C18H18Cl2N2O5. The van der Waals surface area contributed by atoms with Gasteiger partial charge in [0, 0.05) is 16.1 Å². The van der Waals surface area contributed by atoms with Gasteiger partial charge in [-0.1, -0.05) is 29.3 Å². The standard InChI is InChI=1S/C18H18Cl2N2O5/c1-4-27-17-8-13(15(22(24)25)9-16(17)26-3)18(23)21-10(2)12-6-5-11(19)7-14(12)20/h5-10H,4H2,1-3H3,(H,21,23). The van der Waals surface area contributed by atoms with E-state index in [1.54, 1.807) is 32.0 Å². The third-order valence-corrected chi connectivity index (χ3v) is 4.36. The molecule has 0 bridgehead atoms. The molecule has 0 aliphatic carbocycles. The highest BCUT2D eigenvalue weighted by Crippen LogP contribution is 2.35. The maximum atomic E-state index is 12.7. The number of carbonyl (C=O) groups is 1. The van der Waals surface area contributed by atoms with E-state index >= 15 is 0 Å². The summed E-state index contributed by atoms with van der Waals surface area (Å²) in [5, 5.41) is 15.0. The Morgan fingerprint density at radius 3 is 2.52 bits per heavy atom. The number of nitrogens with one attached hydrogen (secondary N) is 1. The van der Waals surface area contributed by atoms with Crippen molar-refractivity contribution in [3.8, 4) is 11.5 Å². The third-order valence-electron chi connectivity index (χ3n) is 3.80.